The minimum absolute atomic E-state index is 0.186. The van der Waals surface area contributed by atoms with Crippen molar-refractivity contribution in [2.75, 3.05) is 31.5 Å². The Morgan fingerprint density at radius 2 is 1.67 bits per heavy atom. The molecule has 1 saturated carbocycles. The molecule has 1 aliphatic heterocycles. The summed E-state index contributed by atoms with van der Waals surface area (Å²) in [6.07, 6.45) is 1.79. The van der Waals surface area contributed by atoms with Crippen molar-refractivity contribution in [1.82, 2.24) is 9.80 Å². The zero-order chi connectivity index (χ0) is 17.3. The Balaban J connectivity index is 1.70. The topological polar surface area (TPSA) is 69.7 Å². The van der Waals surface area contributed by atoms with Crippen LogP contribution in [0.1, 0.15) is 12.8 Å². The minimum atomic E-state index is -1.04. The van der Waals surface area contributed by atoms with Gasteiger partial charge in [0.05, 0.1) is 15.7 Å². The fourth-order valence-corrected chi connectivity index (χ4v) is 3.34. The molecule has 1 N–H and O–H groups in total. The van der Waals surface area contributed by atoms with E-state index in [0.717, 1.165) is 6.41 Å². The van der Waals surface area contributed by atoms with E-state index in [0.29, 0.717) is 54.8 Å². The molecule has 2 fully saturated rings. The molecule has 3 rings (SSSR count). The zero-order valence-corrected chi connectivity index (χ0v) is 14.4. The maximum Gasteiger partial charge on any atom is 0.240 e. The Morgan fingerprint density at radius 3 is 2.17 bits per heavy atom. The highest BCUT2D eigenvalue weighted by molar-refractivity contribution is 6.40. The smallest absolute Gasteiger partial charge is 0.240 e. The van der Waals surface area contributed by atoms with E-state index in [4.69, 9.17) is 23.2 Å². The summed E-state index contributed by atoms with van der Waals surface area (Å²) in [6, 6.07) is 4.94. The normalized spacial score (nSPS) is 18.9. The fourth-order valence-electron chi connectivity index (χ4n) is 2.85. The third-order valence-electron chi connectivity index (χ3n) is 4.55. The van der Waals surface area contributed by atoms with Crippen LogP contribution in [0.15, 0.2) is 18.2 Å². The first kappa shape index (κ1) is 17.0. The molecular weight excluding hydrogens is 353 g/mol. The minimum Gasteiger partial charge on any atom is -0.342 e. The molecule has 8 heteroatoms. The highest BCUT2D eigenvalue weighted by Crippen LogP contribution is 2.49. The molecule has 3 amide bonds. The number of carbonyl (C=O) groups is 3. The summed E-state index contributed by atoms with van der Waals surface area (Å²) < 4.78 is 0. The van der Waals surface area contributed by atoms with E-state index in [2.05, 4.69) is 5.32 Å². The van der Waals surface area contributed by atoms with E-state index in [9.17, 15) is 14.4 Å². The summed E-state index contributed by atoms with van der Waals surface area (Å²) in [5.41, 5.74) is -0.707. The molecule has 0 radical (unpaired) electrons. The number of para-hydroxylation sites is 1. The van der Waals surface area contributed by atoms with Gasteiger partial charge in [0, 0.05) is 26.2 Å². The molecule has 1 saturated heterocycles. The van der Waals surface area contributed by atoms with E-state index >= 15 is 0 Å². The molecule has 0 aromatic heterocycles. The van der Waals surface area contributed by atoms with Crippen molar-refractivity contribution in [3.05, 3.63) is 28.2 Å². The van der Waals surface area contributed by atoms with E-state index in [1.54, 1.807) is 28.0 Å². The van der Waals surface area contributed by atoms with Crippen molar-refractivity contribution in [2.45, 2.75) is 12.8 Å². The third kappa shape index (κ3) is 3.08. The number of piperazine rings is 1. The molecule has 0 spiro atoms. The Labute approximate surface area is 149 Å². The number of nitrogens with zero attached hydrogens (tertiary/aromatic N) is 2. The van der Waals surface area contributed by atoms with Crippen molar-refractivity contribution < 1.29 is 14.4 Å². The summed E-state index contributed by atoms with van der Waals surface area (Å²) in [5, 5.41) is 3.37. The fraction of sp³-hybridized carbons (Fsp3) is 0.438. The molecule has 2 aliphatic rings. The number of hydrogen-bond donors (Lipinski definition) is 1. The van der Waals surface area contributed by atoms with Crippen molar-refractivity contribution in [1.29, 1.82) is 0 Å². The van der Waals surface area contributed by atoms with E-state index in [-0.39, 0.29) is 11.8 Å². The molecule has 24 heavy (non-hydrogen) atoms. The highest BCUT2D eigenvalue weighted by Gasteiger charge is 2.58. The van der Waals surface area contributed by atoms with Crippen molar-refractivity contribution >= 4 is 47.1 Å². The van der Waals surface area contributed by atoms with Gasteiger partial charge in [0.1, 0.15) is 5.41 Å². The van der Waals surface area contributed by atoms with Gasteiger partial charge in [-0.05, 0) is 25.0 Å². The summed E-state index contributed by atoms with van der Waals surface area (Å²) in [7, 11) is 0. The van der Waals surface area contributed by atoms with Crippen molar-refractivity contribution in [3.63, 3.8) is 0 Å². The number of nitrogens with one attached hydrogen (secondary N) is 1. The molecule has 1 aromatic rings. The van der Waals surface area contributed by atoms with Crippen molar-refractivity contribution in [2.24, 2.45) is 5.41 Å². The van der Waals surface area contributed by atoms with Gasteiger partial charge in [-0.3, -0.25) is 14.4 Å². The van der Waals surface area contributed by atoms with Gasteiger partial charge < -0.3 is 15.1 Å². The van der Waals surface area contributed by atoms with Crippen LogP contribution >= 0.6 is 23.2 Å². The lowest BCUT2D eigenvalue weighted by atomic mass is 10.0. The lowest BCUT2D eigenvalue weighted by Crippen LogP contribution is -2.52. The third-order valence-corrected chi connectivity index (χ3v) is 5.18. The van der Waals surface area contributed by atoms with Crippen LogP contribution in [0.2, 0.25) is 10.0 Å². The largest absolute Gasteiger partial charge is 0.342 e. The monoisotopic (exact) mass is 369 g/mol. The number of halogens is 2. The lowest BCUT2D eigenvalue weighted by molar-refractivity contribution is -0.144. The summed E-state index contributed by atoms with van der Waals surface area (Å²) in [5.74, 6) is -0.561. The Hall–Kier alpha value is -1.79. The number of rotatable bonds is 4. The molecule has 0 bridgehead atoms. The van der Waals surface area contributed by atoms with Crippen LogP contribution in [0, 0.1) is 5.41 Å². The van der Waals surface area contributed by atoms with Crippen LogP contribution < -0.4 is 5.32 Å². The Bertz CT molecular complexity index is 663. The zero-order valence-electron chi connectivity index (χ0n) is 12.9. The first-order chi connectivity index (χ1) is 11.5. The van der Waals surface area contributed by atoms with Crippen LogP contribution in [0.4, 0.5) is 5.69 Å². The van der Waals surface area contributed by atoms with E-state index < -0.39 is 5.41 Å². The van der Waals surface area contributed by atoms with E-state index in [1.165, 1.54) is 0 Å². The number of hydrogen-bond acceptors (Lipinski definition) is 3. The van der Waals surface area contributed by atoms with Gasteiger partial charge >= 0.3 is 0 Å². The van der Waals surface area contributed by atoms with Crippen molar-refractivity contribution in [3.8, 4) is 0 Å². The number of anilines is 1. The average Bonchev–Trinajstić information content (AvgIpc) is 3.39. The first-order valence-electron chi connectivity index (χ1n) is 7.72. The predicted octanol–water partition coefficient (Wildman–Crippen LogP) is 2.01. The second-order valence-electron chi connectivity index (χ2n) is 6.07. The maximum atomic E-state index is 12.8. The maximum absolute atomic E-state index is 12.8. The number of carbonyl (C=O) groups excluding carboxylic acids is 3. The summed E-state index contributed by atoms with van der Waals surface area (Å²) >= 11 is 12.1. The van der Waals surface area contributed by atoms with Crippen LogP contribution in [-0.2, 0) is 14.4 Å². The van der Waals surface area contributed by atoms with Gasteiger partial charge in [-0.1, -0.05) is 29.3 Å². The van der Waals surface area contributed by atoms with Crippen LogP contribution in [0.5, 0.6) is 0 Å². The molecule has 0 atom stereocenters. The quantitative estimate of drug-likeness (QED) is 0.651. The van der Waals surface area contributed by atoms with Gasteiger partial charge in [-0.2, -0.15) is 0 Å². The molecule has 0 unspecified atom stereocenters. The van der Waals surface area contributed by atoms with Gasteiger partial charge in [-0.15, -0.1) is 0 Å². The summed E-state index contributed by atoms with van der Waals surface area (Å²) in [4.78, 5) is 39.5. The first-order valence-corrected chi connectivity index (χ1v) is 8.48. The lowest BCUT2D eigenvalue weighted by Gasteiger charge is -2.34. The predicted molar refractivity (Wildman–Crippen MR) is 91.0 cm³/mol. The van der Waals surface area contributed by atoms with E-state index in [1.807, 2.05) is 0 Å². The SMILES string of the molecule is O=CN1CCN(C(=O)C2(C(=O)Nc3c(Cl)cccc3Cl)CC2)CC1. The molecule has 6 nitrogen and oxygen atoms in total. The van der Waals surface area contributed by atoms with Gasteiger partial charge in [0.2, 0.25) is 18.2 Å². The summed E-state index contributed by atoms with van der Waals surface area (Å²) in [6.45, 7) is 1.87. The second kappa shape index (κ2) is 6.61. The number of amides is 3. The standard InChI is InChI=1S/C16H17Cl2N3O3/c17-11-2-1-3-12(18)13(11)19-14(23)16(4-5-16)15(24)21-8-6-20(10-22)7-9-21/h1-3,10H,4-9H2,(H,19,23). The average molecular weight is 370 g/mol. The molecule has 1 aromatic carbocycles. The highest BCUT2D eigenvalue weighted by atomic mass is 35.5. The molecule has 1 aliphatic carbocycles. The van der Waals surface area contributed by atoms with Gasteiger partial charge in [-0.25, -0.2) is 0 Å². The van der Waals surface area contributed by atoms with Gasteiger partial charge in [0.25, 0.3) is 0 Å². The molecular formula is C16H17Cl2N3O3. The Morgan fingerprint density at radius 1 is 1.08 bits per heavy atom. The second-order valence-corrected chi connectivity index (χ2v) is 6.88. The number of benzene rings is 1. The van der Waals surface area contributed by atoms with Crippen LogP contribution in [0.25, 0.3) is 0 Å². The molecule has 128 valence electrons. The van der Waals surface area contributed by atoms with Crippen LogP contribution in [-0.4, -0.2) is 54.2 Å². The Kier molecular flexibility index (Phi) is 4.69. The van der Waals surface area contributed by atoms with Gasteiger partial charge in [0.15, 0.2) is 0 Å². The van der Waals surface area contributed by atoms with Crippen LogP contribution in [0.3, 0.4) is 0 Å². The molecule has 1 heterocycles.